The Kier molecular flexibility index (Phi) is 7.05. The van der Waals surface area contributed by atoms with Crippen molar-refractivity contribution in [3.63, 3.8) is 0 Å². The van der Waals surface area contributed by atoms with E-state index in [9.17, 15) is 0 Å². The predicted molar refractivity (Wildman–Crippen MR) is 253 cm³/mol. The molecule has 0 saturated carbocycles. The lowest BCUT2D eigenvalue weighted by atomic mass is 9.88. The Bertz CT molecular complexity index is 3610. The molecule has 0 fully saturated rings. The minimum absolute atomic E-state index is 1.17. The zero-order valence-corrected chi connectivity index (χ0v) is 32.7. The van der Waals surface area contributed by atoms with Crippen LogP contribution < -0.4 is 0 Å². The van der Waals surface area contributed by atoms with Crippen LogP contribution >= 0.6 is 0 Å². The first-order chi connectivity index (χ1) is 29.8. The first kappa shape index (κ1) is 33.1. The monoisotopic (exact) mass is 760 g/mol. The Morgan fingerprint density at radius 3 is 1.30 bits per heavy atom. The highest BCUT2D eigenvalue weighted by Crippen LogP contribution is 2.55. The van der Waals surface area contributed by atoms with E-state index >= 15 is 0 Å². The van der Waals surface area contributed by atoms with Crippen LogP contribution in [0.2, 0.25) is 0 Å². The van der Waals surface area contributed by atoms with Crippen molar-refractivity contribution in [1.29, 1.82) is 0 Å². The van der Waals surface area contributed by atoms with Crippen LogP contribution in [0, 0.1) is 0 Å². The van der Waals surface area contributed by atoms with Crippen LogP contribution in [0.3, 0.4) is 0 Å². The van der Waals surface area contributed by atoms with Gasteiger partial charge in [-0.3, -0.25) is 0 Å². The third-order valence-electron chi connectivity index (χ3n) is 12.9. The molecule has 13 rings (SSSR count). The van der Waals surface area contributed by atoms with E-state index in [2.05, 4.69) is 228 Å². The van der Waals surface area contributed by atoms with Gasteiger partial charge >= 0.3 is 0 Å². The van der Waals surface area contributed by atoms with Gasteiger partial charge in [0.15, 0.2) is 0 Å². The minimum atomic E-state index is 1.17. The van der Waals surface area contributed by atoms with Crippen molar-refractivity contribution < 1.29 is 0 Å². The highest BCUT2D eigenvalue weighted by Gasteiger charge is 2.29. The molecule has 0 spiro atoms. The van der Waals surface area contributed by atoms with Crippen molar-refractivity contribution in [1.82, 2.24) is 9.13 Å². The van der Waals surface area contributed by atoms with Gasteiger partial charge in [0, 0.05) is 32.6 Å². The first-order valence-corrected chi connectivity index (χ1v) is 20.8. The Hall–Kier alpha value is -7.94. The van der Waals surface area contributed by atoms with Gasteiger partial charge in [-0.15, -0.1) is 0 Å². The molecule has 0 aliphatic heterocycles. The Morgan fingerprint density at radius 1 is 0.250 bits per heavy atom. The van der Waals surface area contributed by atoms with Gasteiger partial charge in [0.25, 0.3) is 0 Å². The Labute approximate surface area is 347 Å². The average Bonchev–Trinajstić information content (AvgIpc) is 3.96. The maximum absolute atomic E-state index is 2.49. The first-order valence-electron chi connectivity index (χ1n) is 20.8. The molecule has 0 N–H and O–H groups in total. The second-order valence-corrected chi connectivity index (χ2v) is 16.0. The fourth-order valence-electron chi connectivity index (χ4n) is 10.3. The average molecular weight is 761 g/mol. The van der Waals surface area contributed by atoms with Crippen molar-refractivity contribution in [2.45, 2.75) is 0 Å². The molecule has 278 valence electrons. The minimum Gasteiger partial charge on any atom is -0.309 e. The molecule has 1 aliphatic carbocycles. The summed E-state index contributed by atoms with van der Waals surface area (Å²) in [6.45, 7) is 0. The Balaban J connectivity index is 1.01. The lowest BCUT2D eigenvalue weighted by Gasteiger charge is -2.15. The molecular weight excluding hydrogens is 725 g/mol. The summed E-state index contributed by atoms with van der Waals surface area (Å²) < 4.78 is 4.88. The number of fused-ring (bicyclic) bond motifs is 9. The summed E-state index contributed by atoms with van der Waals surface area (Å²) in [5, 5.41) is 7.59. The van der Waals surface area contributed by atoms with Crippen LogP contribution in [0.1, 0.15) is 0 Å². The maximum atomic E-state index is 2.49. The number of rotatable bonds is 5. The van der Waals surface area contributed by atoms with Crippen molar-refractivity contribution in [2.24, 2.45) is 0 Å². The van der Waals surface area contributed by atoms with Crippen LogP contribution in [0.5, 0.6) is 0 Å². The summed E-state index contributed by atoms with van der Waals surface area (Å²) in [6.07, 6.45) is 0. The molecule has 2 heteroatoms. The van der Waals surface area contributed by atoms with Gasteiger partial charge in [0.05, 0.1) is 27.8 Å². The number of benzene rings is 10. The highest BCUT2D eigenvalue weighted by atomic mass is 15.0. The molecule has 0 saturated heterocycles. The van der Waals surface area contributed by atoms with Gasteiger partial charge in [-0.1, -0.05) is 164 Å². The second kappa shape index (κ2) is 12.8. The number of hydrogen-bond acceptors (Lipinski definition) is 0. The topological polar surface area (TPSA) is 9.86 Å². The zero-order chi connectivity index (χ0) is 39.3. The SMILES string of the molecule is c1ccc(-c2ccc(-c3ccccc3)c3c2-c2cccc4c(-n5c6ccccc6c6cc(-c7ccc8c(c7)c7ccccc7n8-c7ccccc7)ccc65)ccc-3c24)cc1. The molecule has 1 aliphatic rings. The molecule has 0 amide bonds. The summed E-state index contributed by atoms with van der Waals surface area (Å²) in [5.74, 6) is 0. The molecular formula is C58H36N2. The van der Waals surface area contributed by atoms with Gasteiger partial charge in [0.2, 0.25) is 0 Å². The lowest BCUT2D eigenvalue weighted by Crippen LogP contribution is -1.96. The Morgan fingerprint density at radius 2 is 0.700 bits per heavy atom. The molecule has 0 atom stereocenters. The van der Waals surface area contributed by atoms with Gasteiger partial charge in [-0.25, -0.2) is 0 Å². The van der Waals surface area contributed by atoms with E-state index in [0.29, 0.717) is 0 Å². The zero-order valence-electron chi connectivity index (χ0n) is 32.7. The van der Waals surface area contributed by atoms with E-state index in [4.69, 9.17) is 0 Å². The van der Waals surface area contributed by atoms with E-state index < -0.39 is 0 Å². The van der Waals surface area contributed by atoms with Crippen LogP contribution in [0.4, 0.5) is 0 Å². The van der Waals surface area contributed by atoms with Gasteiger partial charge < -0.3 is 9.13 Å². The van der Waals surface area contributed by atoms with Crippen LogP contribution in [0.15, 0.2) is 218 Å². The molecule has 60 heavy (non-hydrogen) atoms. The number of para-hydroxylation sites is 3. The molecule has 0 unspecified atom stereocenters. The lowest BCUT2D eigenvalue weighted by molar-refractivity contribution is 1.18. The molecule has 2 nitrogen and oxygen atoms in total. The van der Waals surface area contributed by atoms with E-state index in [1.54, 1.807) is 0 Å². The van der Waals surface area contributed by atoms with Gasteiger partial charge in [-0.05, 0) is 116 Å². The van der Waals surface area contributed by atoms with E-state index in [0.717, 1.165) is 0 Å². The number of aromatic nitrogens is 2. The highest BCUT2D eigenvalue weighted by molar-refractivity contribution is 6.23. The molecule has 0 radical (unpaired) electrons. The molecule has 12 aromatic rings. The normalized spacial score (nSPS) is 12.0. The quantitative estimate of drug-likeness (QED) is 0.165. The fraction of sp³-hybridized carbons (Fsp3) is 0. The van der Waals surface area contributed by atoms with E-state index in [1.807, 2.05) is 0 Å². The summed E-state index contributed by atoms with van der Waals surface area (Å²) in [7, 11) is 0. The smallest absolute Gasteiger partial charge is 0.0541 e. The second-order valence-electron chi connectivity index (χ2n) is 16.0. The fourth-order valence-corrected chi connectivity index (χ4v) is 10.3. The van der Waals surface area contributed by atoms with Crippen molar-refractivity contribution in [3.05, 3.63) is 218 Å². The molecule has 0 bridgehead atoms. The number of hydrogen-bond donors (Lipinski definition) is 0. The van der Waals surface area contributed by atoms with Crippen LogP contribution in [-0.2, 0) is 0 Å². The predicted octanol–water partition coefficient (Wildman–Crippen LogP) is 15.7. The van der Waals surface area contributed by atoms with Crippen molar-refractivity contribution in [2.75, 3.05) is 0 Å². The third kappa shape index (κ3) is 4.70. The third-order valence-corrected chi connectivity index (χ3v) is 12.9. The maximum Gasteiger partial charge on any atom is 0.0541 e. The van der Waals surface area contributed by atoms with Crippen LogP contribution in [0.25, 0.3) is 121 Å². The summed E-state index contributed by atoms with van der Waals surface area (Å²) in [5.41, 5.74) is 19.8. The standard InChI is InChI=1S/C58H36N2/c1-4-15-37(16-5-1)42-29-30-43(38-17-6-2-7-18-38)58-48-31-34-53(46-23-14-24-47(56(46)48)57(42)58)60-52-26-13-11-22-45(52)50-36-40(28-33-55(50)60)39-27-32-54-49(35-39)44-21-10-12-25-51(44)59(54)41-19-8-3-9-20-41/h1-36H. The van der Waals surface area contributed by atoms with Crippen molar-refractivity contribution >= 4 is 54.4 Å². The summed E-state index contributed by atoms with van der Waals surface area (Å²) in [6, 6.07) is 80.4. The molecule has 2 aromatic heterocycles. The van der Waals surface area contributed by atoms with Gasteiger partial charge in [0.1, 0.15) is 0 Å². The molecule has 2 heterocycles. The summed E-state index contributed by atoms with van der Waals surface area (Å²) in [4.78, 5) is 0. The van der Waals surface area contributed by atoms with E-state index in [-0.39, 0.29) is 0 Å². The van der Waals surface area contributed by atoms with Gasteiger partial charge in [-0.2, -0.15) is 0 Å². The summed E-state index contributed by atoms with van der Waals surface area (Å²) >= 11 is 0. The largest absolute Gasteiger partial charge is 0.309 e. The number of nitrogens with zero attached hydrogens (tertiary/aromatic N) is 2. The van der Waals surface area contributed by atoms with Crippen molar-refractivity contribution in [3.8, 4) is 67.0 Å². The van der Waals surface area contributed by atoms with Crippen LogP contribution in [-0.4, -0.2) is 9.13 Å². The van der Waals surface area contributed by atoms with E-state index in [1.165, 1.54) is 121 Å². The molecule has 10 aromatic carbocycles.